The molecule has 4 N–H and O–H groups in total. The normalized spacial score (nSPS) is 12.4. The molecule has 1 aromatic carbocycles. The highest BCUT2D eigenvalue weighted by atomic mass is 79.9. The Morgan fingerprint density at radius 2 is 2.27 bits per heavy atom. The summed E-state index contributed by atoms with van der Waals surface area (Å²) in [5, 5.41) is -0.190. The predicted molar refractivity (Wildman–Crippen MR) is 67.7 cm³/mol. The fourth-order valence-corrected chi connectivity index (χ4v) is 2.69. The average molecular weight is 289 g/mol. The third-order valence-electron chi connectivity index (χ3n) is 1.91. The Morgan fingerprint density at radius 1 is 1.60 bits per heavy atom. The number of halogens is 1. The molecule has 0 bridgehead atoms. The van der Waals surface area contributed by atoms with E-state index >= 15 is 0 Å². The van der Waals surface area contributed by atoms with Gasteiger partial charge in [-0.1, -0.05) is 6.92 Å². The van der Waals surface area contributed by atoms with Crippen LogP contribution >= 0.6 is 27.7 Å². The van der Waals surface area contributed by atoms with E-state index < -0.39 is 0 Å². The van der Waals surface area contributed by atoms with E-state index in [1.165, 1.54) is 11.8 Å². The minimum Gasteiger partial charge on any atom is -0.399 e. The third kappa shape index (κ3) is 3.43. The summed E-state index contributed by atoms with van der Waals surface area (Å²) in [7, 11) is 0. The van der Waals surface area contributed by atoms with Crippen molar-refractivity contribution >= 4 is 39.3 Å². The van der Waals surface area contributed by atoms with E-state index in [0.717, 1.165) is 15.8 Å². The smallest absolute Gasteiger partial charge is 0.230 e. The van der Waals surface area contributed by atoms with Gasteiger partial charge >= 0.3 is 0 Å². The van der Waals surface area contributed by atoms with E-state index in [9.17, 15) is 4.79 Å². The number of thioether (sulfide) groups is 1. The highest BCUT2D eigenvalue weighted by molar-refractivity contribution is 9.10. The van der Waals surface area contributed by atoms with E-state index in [2.05, 4.69) is 15.9 Å². The molecule has 0 saturated carbocycles. The van der Waals surface area contributed by atoms with Crippen LogP contribution in [0, 0.1) is 0 Å². The second-order valence-electron chi connectivity index (χ2n) is 3.11. The van der Waals surface area contributed by atoms with Crippen molar-refractivity contribution in [3.8, 4) is 0 Å². The highest BCUT2D eigenvalue weighted by Gasteiger charge is 2.15. The summed E-state index contributed by atoms with van der Waals surface area (Å²) in [5.74, 6) is -0.286. The van der Waals surface area contributed by atoms with Gasteiger partial charge in [0.2, 0.25) is 5.91 Å². The molecule has 0 radical (unpaired) electrons. The van der Waals surface area contributed by atoms with Crippen molar-refractivity contribution in [2.75, 3.05) is 5.73 Å². The fraction of sp³-hybridized carbons (Fsp3) is 0.300. The van der Waals surface area contributed by atoms with Gasteiger partial charge < -0.3 is 11.5 Å². The van der Waals surface area contributed by atoms with Crippen molar-refractivity contribution in [3.63, 3.8) is 0 Å². The Hall–Kier alpha value is -0.680. The monoisotopic (exact) mass is 288 g/mol. The molecule has 3 nitrogen and oxygen atoms in total. The van der Waals surface area contributed by atoms with Crippen molar-refractivity contribution < 1.29 is 4.79 Å². The number of carbonyl (C=O) groups is 1. The lowest BCUT2D eigenvalue weighted by molar-refractivity contribution is -0.117. The standard InChI is InChI=1S/C10H13BrN2OS/c1-2-8(10(13)14)15-9-4-3-6(12)5-7(9)11/h3-5,8H,2,12H2,1H3,(H2,13,14). The molecule has 15 heavy (non-hydrogen) atoms. The summed E-state index contributed by atoms with van der Waals surface area (Å²) in [6.07, 6.45) is 0.719. The van der Waals surface area contributed by atoms with Crippen LogP contribution in [0.5, 0.6) is 0 Å². The number of primary amides is 1. The molecule has 1 unspecified atom stereocenters. The van der Waals surface area contributed by atoms with Gasteiger partial charge in [0.25, 0.3) is 0 Å². The molecular formula is C10H13BrN2OS. The molecule has 1 atom stereocenters. The molecule has 1 amide bonds. The van der Waals surface area contributed by atoms with Crippen LogP contribution in [-0.4, -0.2) is 11.2 Å². The molecule has 0 aliphatic heterocycles. The van der Waals surface area contributed by atoms with Gasteiger partial charge in [0, 0.05) is 15.1 Å². The molecule has 0 aromatic heterocycles. The van der Waals surface area contributed by atoms with Crippen LogP contribution in [0.1, 0.15) is 13.3 Å². The number of nitrogens with two attached hydrogens (primary N) is 2. The maximum absolute atomic E-state index is 11.1. The van der Waals surface area contributed by atoms with Crippen LogP contribution in [0.4, 0.5) is 5.69 Å². The van der Waals surface area contributed by atoms with Crippen LogP contribution in [0.15, 0.2) is 27.6 Å². The van der Waals surface area contributed by atoms with Gasteiger partial charge in [0.1, 0.15) is 0 Å². The second-order valence-corrected chi connectivity index (χ2v) is 5.21. The van der Waals surface area contributed by atoms with Crippen molar-refractivity contribution in [2.45, 2.75) is 23.5 Å². The molecule has 0 aliphatic rings. The SMILES string of the molecule is CCC(Sc1ccc(N)cc1Br)C(N)=O. The third-order valence-corrected chi connectivity index (χ3v) is 4.29. The van der Waals surface area contributed by atoms with Crippen molar-refractivity contribution in [2.24, 2.45) is 5.73 Å². The van der Waals surface area contributed by atoms with Crippen molar-refractivity contribution in [3.05, 3.63) is 22.7 Å². The predicted octanol–water partition coefficient (Wildman–Crippen LogP) is 2.39. The topological polar surface area (TPSA) is 69.1 Å². The van der Waals surface area contributed by atoms with E-state index in [-0.39, 0.29) is 11.2 Å². The molecule has 1 aromatic rings. The Kier molecular flexibility index (Phi) is 4.47. The first-order valence-electron chi connectivity index (χ1n) is 4.55. The maximum atomic E-state index is 11.1. The number of amides is 1. The Morgan fingerprint density at radius 3 is 2.73 bits per heavy atom. The maximum Gasteiger partial charge on any atom is 0.230 e. The molecule has 0 fully saturated rings. The van der Waals surface area contributed by atoms with Gasteiger partial charge in [-0.2, -0.15) is 0 Å². The van der Waals surface area contributed by atoms with E-state index in [4.69, 9.17) is 11.5 Å². The summed E-state index contributed by atoms with van der Waals surface area (Å²) in [6, 6.07) is 5.51. The molecule has 0 spiro atoms. The first-order valence-corrected chi connectivity index (χ1v) is 6.22. The molecule has 5 heteroatoms. The van der Waals surface area contributed by atoms with Gasteiger partial charge in [-0.3, -0.25) is 4.79 Å². The van der Waals surface area contributed by atoms with Crippen LogP contribution < -0.4 is 11.5 Å². The van der Waals surface area contributed by atoms with Crippen LogP contribution in [0.2, 0.25) is 0 Å². The Labute approximate surface area is 102 Å². The van der Waals surface area contributed by atoms with E-state index in [1.54, 1.807) is 6.07 Å². The van der Waals surface area contributed by atoms with E-state index in [0.29, 0.717) is 5.69 Å². The average Bonchev–Trinajstić information content (AvgIpc) is 2.16. The number of hydrogen-bond acceptors (Lipinski definition) is 3. The molecule has 0 aliphatic carbocycles. The number of carbonyl (C=O) groups excluding carboxylic acids is 1. The summed E-state index contributed by atoms with van der Waals surface area (Å²) < 4.78 is 0.896. The lowest BCUT2D eigenvalue weighted by Crippen LogP contribution is -2.24. The summed E-state index contributed by atoms with van der Waals surface area (Å²) in [4.78, 5) is 12.1. The zero-order valence-electron chi connectivity index (χ0n) is 8.37. The first kappa shape index (κ1) is 12.4. The minimum atomic E-state index is -0.286. The van der Waals surface area contributed by atoms with Crippen molar-refractivity contribution in [1.29, 1.82) is 0 Å². The summed E-state index contributed by atoms with van der Waals surface area (Å²) in [6.45, 7) is 1.94. The van der Waals surface area contributed by atoms with Gasteiger partial charge in [-0.05, 0) is 40.5 Å². The number of hydrogen-bond donors (Lipinski definition) is 2. The van der Waals surface area contributed by atoms with Gasteiger partial charge in [-0.25, -0.2) is 0 Å². The second kappa shape index (κ2) is 5.42. The number of anilines is 1. The van der Waals surface area contributed by atoms with Crippen LogP contribution in [0.3, 0.4) is 0 Å². The number of nitrogen functional groups attached to an aromatic ring is 1. The van der Waals surface area contributed by atoms with Crippen LogP contribution in [-0.2, 0) is 4.79 Å². The van der Waals surface area contributed by atoms with Gasteiger partial charge in [0.05, 0.1) is 5.25 Å². The quantitative estimate of drug-likeness (QED) is 0.660. The Bertz CT molecular complexity index is 370. The molecule has 82 valence electrons. The molecule has 0 saturated heterocycles. The zero-order chi connectivity index (χ0) is 11.4. The van der Waals surface area contributed by atoms with Gasteiger partial charge in [0.15, 0.2) is 0 Å². The molecule has 1 rings (SSSR count). The number of rotatable bonds is 4. The zero-order valence-corrected chi connectivity index (χ0v) is 10.8. The highest BCUT2D eigenvalue weighted by Crippen LogP contribution is 2.32. The molecular weight excluding hydrogens is 276 g/mol. The lowest BCUT2D eigenvalue weighted by atomic mass is 10.3. The summed E-state index contributed by atoms with van der Waals surface area (Å²) in [5.41, 5.74) is 11.6. The number of benzene rings is 1. The van der Waals surface area contributed by atoms with Gasteiger partial charge in [-0.15, -0.1) is 11.8 Å². The fourth-order valence-electron chi connectivity index (χ4n) is 1.11. The summed E-state index contributed by atoms with van der Waals surface area (Å²) >= 11 is 4.86. The van der Waals surface area contributed by atoms with Crippen molar-refractivity contribution in [1.82, 2.24) is 0 Å². The minimum absolute atomic E-state index is 0.190. The first-order chi connectivity index (χ1) is 7.04. The van der Waals surface area contributed by atoms with Crippen LogP contribution in [0.25, 0.3) is 0 Å². The Balaban J connectivity index is 2.84. The lowest BCUT2D eigenvalue weighted by Gasteiger charge is -2.11. The largest absolute Gasteiger partial charge is 0.399 e. The van der Waals surface area contributed by atoms with E-state index in [1.807, 2.05) is 19.1 Å². The molecule has 0 heterocycles.